The molecule has 0 saturated heterocycles. The predicted molar refractivity (Wildman–Crippen MR) is 81.8 cm³/mol. The SMILES string of the molecule is CN(c1ccccc1C(=O)O)S(=O)(=O)c1csc(C(N)=O)c1. The number of anilines is 1. The minimum Gasteiger partial charge on any atom is -0.478 e. The highest BCUT2D eigenvalue weighted by molar-refractivity contribution is 7.93. The molecule has 0 aliphatic heterocycles. The smallest absolute Gasteiger partial charge is 0.337 e. The van der Waals surface area contributed by atoms with Gasteiger partial charge in [-0.05, 0) is 18.2 Å². The van der Waals surface area contributed by atoms with E-state index in [1.165, 1.54) is 42.8 Å². The summed E-state index contributed by atoms with van der Waals surface area (Å²) in [4.78, 5) is 22.3. The van der Waals surface area contributed by atoms with Crippen molar-refractivity contribution in [3.63, 3.8) is 0 Å². The van der Waals surface area contributed by atoms with Crippen LogP contribution in [0.1, 0.15) is 20.0 Å². The molecule has 0 aliphatic carbocycles. The summed E-state index contributed by atoms with van der Waals surface area (Å²) in [5.41, 5.74) is 5.00. The molecule has 22 heavy (non-hydrogen) atoms. The van der Waals surface area contributed by atoms with Gasteiger partial charge in [0.1, 0.15) is 0 Å². The fourth-order valence-corrected chi connectivity index (χ4v) is 4.13. The number of hydrogen-bond donors (Lipinski definition) is 2. The number of carbonyl (C=O) groups excluding carboxylic acids is 1. The van der Waals surface area contributed by atoms with E-state index in [0.717, 1.165) is 15.6 Å². The Hall–Kier alpha value is -2.39. The van der Waals surface area contributed by atoms with Crippen LogP contribution in [0.5, 0.6) is 0 Å². The molecule has 9 heteroatoms. The highest BCUT2D eigenvalue weighted by Crippen LogP contribution is 2.28. The molecule has 7 nitrogen and oxygen atoms in total. The van der Waals surface area contributed by atoms with Gasteiger partial charge in [-0.25, -0.2) is 13.2 Å². The van der Waals surface area contributed by atoms with Crippen LogP contribution in [-0.4, -0.2) is 32.4 Å². The third-order valence-electron chi connectivity index (χ3n) is 2.95. The summed E-state index contributed by atoms with van der Waals surface area (Å²) in [6.07, 6.45) is 0. The Bertz CT molecular complexity index is 842. The van der Waals surface area contributed by atoms with Crippen LogP contribution in [0, 0.1) is 0 Å². The topological polar surface area (TPSA) is 118 Å². The fourth-order valence-electron chi connectivity index (χ4n) is 1.80. The molecule has 1 heterocycles. The van der Waals surface area contributed by atoms with E-state index < -0.39 is 21.9 Å². The van der Waals surface area contributed by atoms with Gasteiger partial charge < -0.3 is 10.8 Å². The minimum absolute atomic E-state index is 0.0295. The Balaban J connectivity index is 2.49. The lowest BCUT2D eigenvalue weighted by atomic mass is 10.2. The summed E-state index contributed by atoms with van der Waals surface area (Å²) >= 11 is 0.911. The lowest BCUT2D eigenvalue weighted by molar-refractivity contribution is 0.0697. The van der Waals surface area contributed by atoms with Crippen LogP contribution in [0.15, 0.2) is 40.6 Å². The number of amides is 1. The monoisotopic (exact) mass is 340 g/mol. The van der Waals surface area contributed by atoms with Gasteiger partial charge in [-0.15, -0.1) is 11.3 Å². The van der Waals surface area contributed by atoms with Gasteiger partial charge in [0.05, 0.1) is 21.0 Å². The third-order valence-corrected chi connectivity index (χ3v) is 5.79. The van der Waals surface area contributed by atoms with Crippen LogP contribution in [0.3, 0.4) is 0 Å². The summed E-state index contributed by atoms with van der Waals surface area (Å²) in [6, 6.07) is 6.91. The number of primary amides is 1. The number of rotatable bonds is 5. The van der Waals surface area contributed by atoms with Crippen LogP contribution in [0.4, 0.5) is 5.69 Å². The zero-order chi connectivity index (χ0) is 16.5. The Kier molecular flexibility index (Phi) is 4.20. The highest BCUT2D eigenvalue weighted by atomic mass is 32.2. The molecule has 0 unspecified atom stereocenters. The Labute approximate surface area is 130 Å². The second kappa shape index (κ2) is 5.78. The van der Waals surface area contributed by atoms with E-state index >= 15 is 0 Å². The molecule has 0 fully saturated rings. The molecule has 0 saturated carbocycles. The lowest BCUT2D eigenvalue weighted by Crippen LogP contribution is -2.27. The number of carboxylic acids is 1. The van der Waals surface area contributed by atoms with Crippen LogP contribution in [0.2, 0.25) is 0 Å². The van der Waals surface area contributed by atoms with Crippen molar-refractivity contribution in [1.29, 1.82) is 0 Å². The Morgan fingerprint density at radius 3 is 2.45 bits per heavy atom. The number of carboxylic acid groups (broad SMARTS) is 1. The zero-order valence-electron chi connectivity index (χ0n) is 11.4. The standard InChI is InChI=1S/C13H12N2O5S2/c1-15(10-5-3-2-4-9(10)13(17)18)22(19,20)8-6-11(12(14)16)21-7-8/h2-7H,1H3,(H2,14,16)(H,17,18). The maximum atomic E-state index is 12.5. The Morgan fingerprint density at radius 1 is 1.27 bits per heavy atom. The number of aromatic carboxylic acids is 1. The lowest BCUT2D eigenvalue weighted by Gasteiger charge is -2.20. The fraction of sp³-hybridized carbons (Fsp3) is 0.0769. The van der Waals surface area contributed by atoms with Gasteiger partial charge in [0.2, 0.25) is 0 Å². The molecule has 1 aromatic heterocycles. The van der Waals surface area contributed by atoms with E-state index in [1.807, 2.05) is 0 Å². The van der Waals surface area contributed by atoms with E-state index in [1.54, 1.807) is 0 Å². The van der Waals surface area contributed by atoms with Crippen molar-refractivity contribution < 1.29 is 23.1 Å². The average Bonchev–Trinajstić information content (AvgIpc) is 2.97. The highest BCUT2D eigenvalue weighted by Gasteiger charge is 2.26. The van der Waals surface area contributed by atoms with Crippen LogP contribution < -0.4 is 10.0 Å². The molecular formula is C13H12N2O5S2. The van der Waals surface area contributed by atoms with E-state index in [0.29, 0.717) is 0 Å². The predicted octanol–water partition coefficient (Wildman–Crippen LogP) is 1.37. The van der Waals surface area contributed by atoms with Gasteiger partial charge in [-0.1, -0.05) is 12.1 Å². The first-order chi connectivity index (χ1) is 10.2. The molecule has 116 valence electrons. The molecule has 1 aromatic carbocycles. The zero-order valence-corrected chi connectivity index (χ0v) is 13.0. The molecule has 0 spiro atoms. The van der Waals surface area contributed by atoms with Crippen molar-refractivity contribution in [1.82, 2.24) is 0 Å². The van der Waals surface area contributed by atoms with Gasteiger partial charge in [-0.3, -0.25) is 9.10 Å². The molecule has 0 atom stereocenters. The Morgan fingerprint density at radius 2 is 1.91 bits per heavy atom. The maximum absolute atomic E-state index is 12.5. The van der Waals surface area contributed by atoms with E-state index in [9.17, 15) is 18.0 Å². The summed E-state index contributed by atoms with van der Waals surface area (Å²) in [5, 5.41) is 10.4. The van der Waals surface area contributed by atoms with Crippen molar-refractivity contribution in [3.05, 3.63) is 46.2 Å². The molecule has 2 aromatic rings. The van der Waals surface area contributed by atoms with Crippen LogP contribution in [-0.2, 0) is 10.0 Å². The van der Waals surface area contributed by atoms with Crippen molar-refractivity contribution >= 4 is 38.9 Å². The maximum Gasteiger partial charge on any atom is 0.337 e. The average molecular weight is 340 g/mol. The van der Waals surface area contributed by atoms with Crippen molar-refractivity contribution in [3.8, 4) is 0 Å². The normalized spacial score (nSPS) is 11.1. The number of carbonyl (C=O) groups is 2. The summed E-state index contributed by atoms with van der Waals surface area (Å²) in [5.74, 6) is -1.96. The first-order valence-electron chi connectivity index (χ1n) is 5.94. The van der Waals surface area contributed by atoms with Gasteiger partial charge in [0.15, 0.2) is 0 Å². The molecule has 1 amide bonds. The molecule has 0 bridgehead atoms. The third kappa shape index (κ3) is 2.81. The number of thiophene rings is 1. The number of nitrogens with two attached hydrogens (primary N) is 1. The first kappa shape index (κ1) is 16.0. The van der Waals surface area contributed by atoms with Gasteiger partial charge in [0, 0.05) is 12.4 Å². The molecular weight excluding hydrogens is 328 g/mol. The molecule has 2 rings (SSSR count). The summed E-state index contributed by atoms with van der Waals surface area (Å²) < 4.78 is 25.9. The first-order valence-corrected chi connectivity index (χ1v) is 8.26. The van der Waals surface area contributed by atoms with Crippen molar-refractivity contribution in [2.75, 3.05) is 11.4 Å². The van der Waals surface area contributed by atoms with Gasteiger partial charge >= 0.3 is 5.97 Å². The van der Waals surface area contributed by atoms with E-state index in [2.05, 4.69) is 0 Å². The molecule has 0 aliphatic rings. The summed E-state index contributed by atoms with van der Waals surface area (Å²) in [6.45, 7) is 0. The molecule has 3 N–H and O–H groups in total. The van der Waals surface area contributed by atoms with E-state index in [-0.39, 0.29) is 21.0 Å². The van der Waals surface area contributed by atoms with E-state index in [4.69, 9.17) is 10.8 Å². The quantitative estimate of drug-likeness (QED) is 0.852. The second-order valence-corrected chi connectivity index (χ2v) is 7.19. The number of sulfonamides is 1. The van der Waals surface area contributed by atoms with Crippen molar-refractivity contribution in [2.45, 2.75) is 4.90 Å². The molecule has 0 radical (unpaired) electrons. The van der Waals surface area contributed by atoms with Crippen molar-refractivity contribution in [2.24, 2.45) is 5.73 Å². The number of benzene rings is 1. The summed E-state index contributed by atoms with van der Waals surface area (Å²) in [7, 11) is -2.74. The van der Waals surface area contributed by atoms with Gasteiger partial charge in [-0.2, -0.15) is 0 Å². The van der Waals surface area contributed by atoms with Gasteiger partial charge in [0.25, 0.3) is 15.9 Å². The van der Waals surface area contributed by atoms with Crippen LogP contribution >= 0.6 is 11.3 Å². The van der Waals surface area contributed by atoms with Crippen LogP contribution in [0.25, 0.3) is 0 Å². The number of para-hydroxylation sites is 1. The number of nitrogens with zero attached hydrogens (tertiary/aromatic N) is 1. The largest absolute Gasteiger partial charge is 0.478 e. The minimum atomic E-state index is -3.99. The number of hydrogen-bond acceptors (Lipinski definition) is 5. The second-order valence-electron chi connectivity index (χ2n) is 4.31.